The van der Waals surface area contributed by atoms with Gasteiger partial charge in [-0.25, -0.2) is 0 Å². The molecule has 0 spiro atoms. The molecule has 2 rings (SSSR count). The van der Waals surface area contributed by atoms with Crippen LogP contribution in [0.5, 0.6) is 0 Å². The highest BCUT2D eigenvalue weighted by atomic mass is 19.4. The zero-order chi connectivity index (χ0) is 16.2. The summed E-state index contributed by atoms with van der Waals surface area (Å²) in [4.78, 5) is 4.04. The Morgan fingerprint density at radius 3 is 2.23 bits per heavy atom. The molecule has 7 heteroatoms. The Kier molecular flexibility index (Phi) is 5.80. The number of piperazine rings is 1. The lowest BCUT2D eigenvalue weighted by Gasteiger charge is -2.35. The third-order valence-corrected chi connectivity index (χ3v) is 3.94. The number of halogens is 3. The summed E-state index contributed by atoms with van der Waals surface area (Å²) in [5, 5.41) is 19.1. The smallest absolute Gasteiger partial charge is 0.395 e. The Bertz CT molecular complexity index is 474. The van der Waals surface area contributed by atoms with Gasteiger partial charge in [0.2, 0.25) is 0 Å². The second-order valence-electron chi connectivity index (χ2n) is 5.47. The van der Waals surface area contributed by atoms with Crippen LogP contribution in [-0.4, -0.2) is 65.9 Å². The largest absolute Gasteiger partial charge is 0.416 e. The fourth-order valence-corrected chi connectivity index (χ4v) is 2.73. The average Bonchev–Trinajstić information content (AvgIpc) is 2.48. The van der Waals surface area contributed by atoms with Crippen LogP contribution in [0.25, 0.3) is 0 Å². The Balaban J connectivity index is 1.98. The summed E-state index contributed by atoms with van der Waals surface area (Å²) in [5.41, 5.74) is -0.853. The van der Waals surface area contributed by atoms with Crippen LogP contribution in [0.2, 0.25) is 0 Å². The molecule has 0 bridgehead atoms. The quantitative estimate of drug-likeness (QED) is 0.860. The zero-order valence-electron chi connectivity index (χ0n) is 12.3. The first kappa shape index (κ1) is 17.2. The topological polar surface area (TPSA) is 46.9 Å². The number of benzene rings is 1. The lowest BCUT2D eigenvalue weighted by molar-refractivity contribution is -0.139. The minimum atomic E-state index is -4.46. The van der Waals surface area contributed by atoms with Crippen molar-refractivity contribution in [3.63, 3.8) is 0 Å². The highest BCUT2D eigenvalue weighted by molar-refractivity contribution is 5.31. The van der Waals surface area contributed by atoms with Crippen LogP contribution in [0, 0.1) is 0 Å². The fourth-order valence-electron chi connectivity index (χ4n) is 2.73. The highest BCUT2D eigenvalue weighted by Crippen LogP contribution is 2.34. The van der Waals surface area contributed by atoms with Gasteiger partial charge in [-0.1, -0.05) is 18.2 Å². The molecule has 0 aliphatic carbocycles. The number of rotatable bonds is 5. The van der Waals surface area contributed by atoms with Gasteiger partial charge in [0.15, 0.2) is 0 Å². The molecule has 0 saturated carbocycles. The lowest BCUT2D eigenvalue weighted by atomic mass is 10.0. The van der Waals surface area contributed by atoms with Crippen molar-refractivity contribution >= 4 is 0 Å². The molecule has 0 radical (unpaired) electrons. The number of β-amino-alcohol motifs (C(OH)–C–C–N with tert-alkyl or cyclic N) is 2. The van der Waals surface area contributed by atoms with E-state index in [9.17, 15) is 18.3 Å². The molecule has 1 atom stereocenters. The Hall–Kier alpha value is -1.15. The van der Waals surface area contributed by atoms with Crippen molar-refractivity contribution < 1.29 is 23.4 Å². The van der Waals surface area contributed by atoms with Crippen molar-refractivity contribution in [1.82, 2.24) is 9.80 Å². The van der Waals surface area contributed by atoms with Gasteiger partial charge in [0.25, 0.3) is 0 Å². The molecule has 1 aromatic rings. The molecule has 1 saturated heterocycles. The molecule has 22 heavy (non-hydrogen) atoms. The molecular weight excluding hydrogens is 297 g/mol. The molecule has 2 N–H and O–H groups in total. The summed E-state index contributed by atoms with van der Waals surface area (Å²) in [6.07, 6.45) is -5.63. The van der Waals surface area contributed by atoms with Crippen LogP contribution >= 0.6 is 0 Å². The first-order valence-electron chi connectivity index (χ1n) is 7.31. The van der Waals surface area contributed by atoms with Crippen LogP contribution in [0.3, 0.4) is 0 Å². The Labute approximate surface area is 127 Å². The summed E-state index contributed by atoms with van der Waals surface area (Å²) in [5.74, 6) is 0. The summed E-state index contributed by atoms with van der Waals surface area (Å²) in [7, 11) is 0. The standard InChI is InChI=1S/C15H21F3N2O2/c16-15(17,18)13-4-2-1-3-12(13)14(22)11-20-7-5-19(6-8-20)9-10-21/h1-4,14,21-22H,5-11H2/t14-/m0/s1. The van der Waals surface area contributed by atoms with Gasteiger partial charge in [0, 0.05) is 39.3 Å². The SMILES string of the molecule is OCCN1CCN(C[C@H](O)c2ccccc2C(F)(F)F)CC1. The maximum atomic E-state index is 13.0. The predicted octanol–water partition coefficient (Wildman–Crippen LogP) is 1.35. The van der Waals surface area contributed by atoms with E-state index in [0.717, 1.165) is 19.2 Å². The minimum Gasteiger partial charge on any atom is -0.395 e. The number of alkyl halides is 3. The molecule has 1 fully saturated rings. The third-order valence-electron chi connectivity index (χ3n) is 3.94. The number of nitrogens with zero attached hydrogens (tertiary/aromatic N) is 2. The van der Waals surface area contributed by atoms with Gasteiger partial charge < -0.3 is 10.2 Å². The maximum absolute atomic E-state index is 13.0. The second kappa shape index (κ2) is 7.41. The van der Waals surface area contributed by atoms with Crippen molar-refractivity contribution in [2.75, 3.05) is 45.9 Å². The van der Waals surface area contributed by atoms with Crippen LogP contribution in [0.1, 0.15) is 17.2 Å². The summed E-state index contributed by atoms with van der Waals surface area (Å²) >= 11 is 0. The van der Waals surface area contributed by atoms with E-state index in [4.69, 9.17) is 5.11 Å². The summed E-state index contributed by atoms with van der Waals surface area (Å²) < 4.78 is 38.9. The van der Waals surface area contributed by atoms with E-state index < -0.39 is 17.8 Å². The number of hydrogen-bond acceptors (Lipinski definition) is 4. The van der Waals surface area contributed by atoms with E-state index in [1.165, 1.54) is 18.2 Å². The molecular formula is C15H21F3N2O2. The second-order valence-corrected chi connectivity index (χ2v) is 5.47. The third kappa shape index (κ3) is 4.42. The molecule has 124 valence electrons. The van der Waals surface area contributed by atoms with Gasteiger partial charge in [0.1, 0.15) is 0 Å². The highest BCUT2D eigenvalue weighted by Gasteiger charge is 2.35. The predicted molar refractivity (Wildman–Crippen MR) is 76.4 cm³/mol. The summed E-state index contributed by atoms with van der Waals surface area (Å²) in [6, 6.07) is 5.16. The van der Waals surface area contributed by atoms with Crippen molar-refractivity contribution in [1.29, 1.82) is 0 Å². The van der Waals surface area contributed by atoms with Gasteiger partial charge in [-0.3, -0.25) is 9.80 Å². The Morgan fingerprint density at radius 2 is 1.64 bits per heavy atom. The fraction of sp³-hybridized carbons (Fsp3) is 0.600. The normalized spacial score (nSPS) is 19.3. The first-order valence-corrected chi connectivity index (χ1v) is 7.31. The van der Waals surface area contributed by atoms with E-state index in [1.54, 1.807) is 0 Å². The van der Waals surface area contributed by atoms with Gasteiger partial charge in [-0.15, -0.1) is 0 Å². The Morgan fingerprint density at radius 1 is 1.05 bits per heavy atom. The molecule has 1 aliphatic rings. The molecule has 0 aromatic heterocycles. The van der Waals surface area contributed by atoms with Crippen molar-refractivity contribution in [3.05, 3.63) is 35.4 Å². The van der Waals surface area contributed by atoms with E-state index >= 15 is 0 Å². The number of aliphatic hydroxyl groups excluding tert-OH is 2. The van der Waals surface area contributed by atoms with Crippen LogP contribution in [0.4, 0.5) is 13.2 Å². The van der Waals surface area contributed by atoms with Crippen molar-refractivity contribution in [2.24, 2.45) is 0 Å². The van der Waals surface area contributed by atoms with E-state index in [2.05, 4.69) is 4.90 Å². The minimum absolute atomic E-state index is 0.0761. The first-order chi connectivity index (χ1) is 10.4. The average molecular weight is 318 g/mol. The van der Waals surface area contributed by atoms with Gasteiger partial charge in [0.05, 0.1) is 18.3 Å². The zero-order valence-corrected chi connectivity index (χ0v) is 12.3. The lowest BCUT2D eigenvalue weighted by Crippen LogP contribution is -2.48. The van der Waals surface area contributed by atoms with Crippen LogP contribution < -0.4 is 0 Å². The van der Waals surface area contributed by atoms with Gasteiger partial charge in [-0.05, 0) is 11.6 Å². The molecule has 1 aliphatic heterocycles. The van der Waals surface area contributed by atoms with Crippen LogP contribution in [-0.2, 0) is 6.18 Å². The van der Waals surface area contributed by atoms with Crippen molar-refractivity contribution in [2.45, 2.75) is 12.3 Å². The molecule has 1 aromatic carbocycles. The van der Waals surface area contributed by atoms with Gasteiger partial charge in [-0.2, -0.15) is 13.2 Å². The molecule has 0 amide bonds. The van der Waals surface area contributed by atoms with Crippen molar-refractivity contribution in [3.8, 4) is 0 Å². The van der Waals surface area contributed by atoms with E-state index in [1.807, 2.05) is 4.90 Å². The maximum Gasteiger partial charge on any atom is 0.416 e. The monoisotopic (exact) mass is 318 g/mol. The van der Waals surface area contributed by atoms with Gasteiger partial charge >= 0.3 is 6.18 Å². The molecule has 1 heterocycles. The number of hydrogen-bond donors (Lipinski definition) is 2. The molecule has 0 unspecified atom stereocenters. The van der Waals surface area contributed by atoms with Crippen LogP contribution in [0.15, 0.2) is 24.3 Å². The number of aliphatic hydroxyl groups is 2. The molecule has 4 nitrogen and oxygen atoms in total. The van der Waals surface area contributed by atoms with E-state index in [0.29, 0.717) is 19.6 Å². The summed E-state index contributed by atoms with van der Waals surface area (Å²) in [6.45, 7) is 3.72. The van der Waals surface area contributed by atoms with E-state index in [-0.39, 0.29) is 18.7 Å².